The Morgan fingerprint density at radius 3 is 2.39 bits per heavy atom. The van der Waals surface area contributed by atoms with Crippen molar-refractivity contribution in [2.75, 3.05) is 13.2 Å². The SMILES string of the molecule is CCOC(=O)CN1C(=O)S/C(=C\c2cc(Cl)c(OCc3ccc([N+](=O)[O-])cc3)c(Cl)c2)C1=O. The number of imide groups is 1. The molecule has 1 heterocycles. The van der Waals surface area contributed by atoms with Crippen molar-refractivity contribution < 1.29 is 28.8 Å². The summed E-state index contributed by atoms with van der Waals surface area (Å²) in [6.45, 7) is 1.37. The normalized spacial score (nSPS) is 14.6. The summed E-state index contributed by atoms with van der Waals surface area (Å²) in [5.41, 5.74) is 1.09. The highest BCUT2D eigenvalue weighted by Crippen LogP contribution is 2.37. The number of nitro groups is 1. The number of hydrogen-bond donors (Lipinski definition) is 0. The molecule has 0 aromatic heterocycles. The van der Waals surface area contributed by atoms with Gasteiger partial charge in [0.25, 0.3) is 16.8 Å². The number of esters is 1. The zero-order valence-electron chi connectivity index (χ0n) is 17.1. The van der Waals surface area contributed by atoms with Gasteiger partial charge in [0.1, 0.15) is 13.2 Å². The first-order valence-electron chi connectivity index (χ1n) is 9.45. The topological polar surface area (TPSA) is 116 Å². The van der Waals surface area contributed by atoms with Gasteiger partial charge >= 0.3 is 5.97 Å². The van der Waals surface area contributed by atoms with Crippen molar-refractivity contribution in [1.82, 2.24) is 4.90 Å². The van der Waals surface area contributed by atoms with E-state index in [0.717, 1.165) is 4.90 Å². The summed E-state index contributed by atoms with van der Waals surface area (Å²) in [4.78, 5) is 47.4. The first-order valence-corrected chi connectivity index (χ1v) is 11.0. The van der Waals surface area contributed by atoms with Crippen molar-refractivity contribution in [1.29, 1.82) is 0 Å². The summed E-state index contributed by atoms with van der Waals surface area (Å²) >= 11 is 13.3. The van der Waals surface area contributed by atoms with Crippen molar-refractivity contribution in [2.45, 2.75) is 13.5 Å². The Kier molecular flexibility index (Phi) is 7.96. The molecule has 12 heteroatoms. The molecule has 33 heavy (non-hydrogen) atoms. The second-order valence-electron chi connectivity index (χ2n) is 6.60. The number of non-ortho nitro benzene ring substituents is 1. The Balaban J connectivity index is 1.72. The van der Waals surface area contributed by atoms with Gasteiger partial charge in [-0.2, -0.15) is 0 Å². The first kappa shape index (κ1) is 24.6. The van der Waals surface area contributed by atoms with Crippen molar-refractivity contribution >= 4 is 63.8 Å². The van der Waals surface area contributed by atoms with Crippen LogP contribution < -0.4 is 4.74 Å². The Bertz CT molecular complexity index is 1130. The van der Waals surface area contributed by atoms with E-state index in [1.54, 1.807) is 19.1 Å². The van der Waals surface area contributed by atoms with Gasteiger partial charge in [0.2, 0.25) is 0 Å². The molecule has 0 unspecified atom stereocenters. The minimum Gasteiger partial charge on any atom is -0.486 e. The molecule has 2 amide bonds. The number of ether oxygens (including phenoxy) is 2. The largest absolute Gasteiger partial charge is 0.486 e. The molecule has 1 saturated heterocycles. The zero-order valence-corrected chi connectivity index (χ0v) is 19.4. The first-order chi connectivity index (χ1) is 15.7. The minimum atomic E-state index is -0.679. The molecule has 1 aliphatic heterocycles. The highest BCUT2D eigenvalue weighted by atomic mass is 35.5. The molecule has 2 aromatic carbocycles. The van der Waals surface area contributed by atoms with E-state index in [2.05, 4.69) is 0 Å². The maximum absolute atomic E-state index is 12.5. The molecule has 9 nitrogen and oxygen atoms in total. The van der Waals surface area contributed by atoms with Crippen LogP contribution in [0.2, 0.25) is 10.0 Å². The van der Waals surface area contributed by atoms with Crippen LogP contribution in [0.1, 0.15) is 18.1 Å². The molecule has 1 fully saturated rings. The van der Waals surface area contributed by atoms with E-state index in [-0.39, 0.29) is 39.6 Å². The Labute approximate surface area is 202 Å². The van der Waals surface area contributed by atoms with Gasteiger partial charge < -0.3 is 9.47 Å². The molecule has 3 rings (SSSR count). The zero-order chi connectivity index (χ0) is 24.1. The fourth-order valence-corrected chi connectivity index (χ4v) is 4.24. The number of amides is 2. The minimum absolute atomic E-state index is 0.0363. The molecule has 0 aliphatic carbocycles. The number of thioether (sulfide) groups is 1. The van der Waals surface area contributed by atoms with Gasteiger partial charge in [0, 0.05) is 12.1 Å². The molecule has 2 aromatic rings. The van der Waals surface area contributed by atoms with Crippen LogP contribution in [0, 0.1) is 10.1 Å². The number of nitrogens with zero attached hydrogens (tertiary/aromatic N) is 2. The number of rotatable bonds is 8. The lowest BCUT2D eigenvalue weighted by atomic mass is 10.2. The van der Waals surface area contributed by atoms with Gasteiger partial charge in [-0.3, -0.25) is 29.4 Å². The molecule has 0 radical (unpaired) electrons. The van der Waals surface area contributed by atoms with Gasteiger partial charge in [-0.25, -0.2) is 0 Å². The number of benzene rings is 2. The monoisotopic (exact) mass is 510 g/mol. The lowest BCUT2D eigenvalue weighted by Crippen LogP contribution is -2.34. The van der Waals surface area contributed by atoms with E-state index < -0.39 is 28.6 Å². The highest BCUT2D eigenvalue weighted by molar-refractivity contribution is 8.18. The van der Waals surface area contributed by atoms with Gasteiger partial charge in [-0.15, -0.1) is 0 Å². The third-order valence-electron chi connectivity index (χ3n) is 4.31. The third kappa shape index (κ3) is 6.04. The van der Waals surface area contributed by atoms with Crippen LogP contribution in [0.4, 0.5) is 10.5 Å². The summed E-state index contributed by atoms with van der Waals surface area (Å²) < 4.78 is 10.4. The van der Waals surface area contributed by atoms with Crippen molar-refractivity contribution in [3.8, 4) is 5.75 Å². The van der Waals surface area contributed by atoms with Crippen LogP contribution in [0.25, 0.3) is 6.08 Å². The van der Waals surface area contributed by atoms with Crippen molar-refractivity contribution in [3.63, 3.8) is 0 Å². The van der Waals surface area contributed by atoms with Crippen LogP contribution in [0.15, 0.2) is 41.3 Å². The van der Waals surface area contributed by atoms with E-state index in [0.29, 0.717) is 22.9 Å². The molecule has 1 aliphatic rings. The van der Waals surface area contributed by atoms with Crippen LogP contribution in [0.5, 0.6) is 5.75 Å². The number of nitro benzene ring substituents is 1. The Morgan fingerprint density at radius 2 is 1.82 bits per heavy atom. The second kappa shape index (κ2) is 10.7. The molecular formula is C21H16Cl2N2O7S. The van der Waals surface area contributed by atoms with Crippen LogP contribution in [0.3, 0.4) is 0 Å². The fourth-order valence-electron chi connectivity index (χ4n) is 2.79. The quantitative estimate of drug-likeness (QED) is 0.209. The smallest absolute Gasteiger partial charge is 0.326 e. The maximum atomic E-state index is 12.5. The summed E-state index contributed by atoms with van der Waals surface area (Å²) in [6.07, 6.45) is 1.44. The summed E-state index contributed by atoms with van der Waals surface area (Å²) in [6, 6.07) is 8.86. The molecule has 0 atom stereocenters. The van der Waals surface area contributed by atoms with Crippen LogP contribution in [-0.4, -0.2) is 40.1 Å². The molecule has 0 bridgehead atoms. The number of halogens is 2. The van der Waals surface area contributed by atoms with E-state index >= 15 is 0 Å². The number of carbonyl (C=O) groups excluding carboxylic acids is 3. The Hall–Kier alpha value is -3.08. The number of carbonyl (C=O) groups is 3. The molecule has 0 N–H and O–H groups in total. The summed E-state index contributed by atoms with van der Waals surface area (Å²) in [5, 5.41) is 10.5. The lowest BCUT2D eigenvalue weighted by Gasteiger charge is -2.11. The molecular weight excluding hydrogens is 495 g/mol. The van der Waals surface area contributed by atoms with Gasteiger partial charge in [0.05, 0.1) is 26.5 Å². The van der Waals surface area contributed by atoms with Gasteiger partial charge in [-0.1, -0.05) is 23.2 Å². The fraction of sp³-hybridized carbons (Fsp3) is 0.190. The van der Waals surface area contributed by atoms with Crippen LogP contribution >= 0.6 is 35.0 Å². The van der Waals surface area contributed by atoms with E-state index in [9.17, 15) is 24.5 Å². The average molecular weight is 511 g/mol. The van der Waals surface area contributed by atoms with Crippen LogP contribution in [-0.2, 0) is 20.9 Å². The summed E-state index contributed by atoms with van der Waals surface area (Å²) in [7, 11) is 0. The lowest BCUT2D eigenvalue weighted by molar-refractivity contribution is -0.384. The predicted octanol–water partition coefficient (Wildman–Crippen LogP) is 5.08. The standard InChI is InChI=1S/C21H16Cl2N2O7S/c1-2-31-18(26)10-24-20(27)17(33-21(24)28)9-13-7-15(22)19(16(23)8-13)32-11-12-3-5-14(6-4-12)25(29)30/h3-9H,2,10-11H2,1H3/b17-9-. The summed E-state index contributed by atoms with van der Waals surface area (Å²) in [5.74, 6) is -1.10. The average Bonchev–Trinajstić information content (AvgIpc) is 3.01. The van der Waals surface area contributed by atoms with E-state index in [4.69, 9.17) is 32.7 Å². The number of hydrogen-bond acceptors (Lipinski definition) is 8. The van der Waals surface area contributed by atoms with Crippen molar-refractivity contribution in [3.05, 3.63) is 72.6 Å². The molecule has 0 spiro atoms. The molecule has 172 valence electrons. The Morgan fingerprint density at radius 1 is 1.18 bits per heavy atom. The predicted molar refractivity (Wildman–Crippen MR) is 123 cm³/mol. The van der Waals surface area contributed by atoms with E-state index in [1.165, 1.54) is 30.3 Å². The highest BCUT2D eigenvalue weighted by Gasteiger charge is 2.36. The molecule has 0 saturated carbocycles. The van der Waals surface area contributed by atoms with Crippen molar-refractivity contribution in [2.24, 2.45) is 0 Å². The van der Waals surface area contributed by atoms with E-state index in [1.807, 2.05) is 0 Å². The maximum Gasteiger partial charge on any atom is 0.326 e. The van der Waals surface area contributed by atoms with Gasteiger partial charge in [-0.05, 0) is 60.2 Å². The second-order valence-corrected chi connectivity index (χ2v) is 8.41. The third-order valence-corrected chi connectivity index (χ3v) is 5.78. The van der Waals surface area contributed by atoms with Gasteiger partial charge in [0.15, 0.2) is 5.75 Å².